The fourth-order valence-corrected chi connectivity index (χ4v) is 2.35. The maximum Gasteiger partial charge on any atom is 0.144 e. The molecule has 1 heterocycles. The summed E-state index contributed by atoms with van der Waals surface area (Å²) in [5.41, 5.74) is 8.22. The normalized spacial score (nSPS) is 10.2. The summed E-state index contributed by atoms with van der Waals surface area (Å²) in [6.45, 7) is 0.623. The molecule has 114 valence electrons. The average molecular weight is 317 g/mol. The van der Waals surface area contributed by atoms with Crippen LogP contribution >= 0.6 is 12.4 Å². The van der Waals surface area contributed by atoms with E-state index >= 15 is 0 Å². The minimum Gasteiger partial charge on any atom is -0.497 e. The van der Waals surface area contributed by atoms with Gasteiger partial charge in [-0.25, -0.2) is 0 Å². The van der Waals surface area contributed by atoms with Crippen LogP contribution in [0, 0.1) is 5.41 Å². The highest BCUT2D eigenvalue weighted by molar-refractivity contribution is 6.05. The van der Waals surface area contributed by atoms with E-state index in [1.807, 2.05) is 53.2 Å². The van der Waals surface area contributed by atoms with Crippen molar-refractivity contribution in [3.63, 3.8) is 0 Å². The number of methoxy groups -OCH3 is 1. The molecule has 3 rings (SSSR count). The molecule has 2 aromatic carbocycles. The first-order valence-corrected chi connectivity index (χ1v) is 6.62. The van der Waals surface area contributed by atoms with E-state index in [4.69, 9.17) is 15.9 Å². The molecule has 0 spiro atoms. The van der Waals surface area contributed by atoms with E-state index in [1.165, 1.54) is 0 Å². The molecule has 0 fully saturated rings. The third kappa shape index (κ3) is 2.89. The van der Waals surface area contributed by atoms with Gasteiger partial charge in [-0.15, -0.1) is 12.4 Å². The number of hydrogen-bond donors (Lipinski definition) is 2. The number of ether oxygens (including phenoxy) is 1. The molecule has 5 nitrogen and oxygen atoms in total. The summed E-state index contributed by atoms with van der Waals surface area (Å²) < 4.78 is 7.03. The van der Waals surface area contributed by atoms with Crippen molar-refractivity contribution in [3.05, 3.63) is 59.8 Å². The smallest absolute Gasteiger partial charge is 0.144 e. The lowest BCUT2D eigenvalue weighted by Gasteiger charge is -2.05. The van der Waals surface area contributed by atoms with Crippen LogP contribution in [0.3, 0.4) is 0 Å². The van der Waals surface area contributed by atoms with Crippen molar-refractivity contribution in [1.29, 1.82) is 5.41 Å². The Morgan fingerprint density at radius 3 is 2.50 bits per heavy atom. The molecule has 0 atom stereocenters. The number of hydrogen-bond acceptors (Lipinski definition) is 3. The number of nitrogens with two attached hydrogens (primary N) is 1. The number of benzene rings is 2. The zero-order valence-corrected chi connectivity index (χ0v) is 12.9. The Balaban J connectivity index is 0.00000176. The summed E-state index contributed by atoms with van der Waals surface area (Å²) in [7, 11) is 1.65. The van der Waals surface area contributed by atoms with Crippen LogP contribution in [-0.2, 0) is 6.54 Å². The second-order valence-corrected chi connectivity index (χ2v) is 4.79. The number of fused-ring (bicyclic) bond motifs is 1. The second-order valence-electron chi connectivity index (χ2n) is 4.79. The zero-order chi connectivity index (χ0) is 14.8. The zero-order valence-electron chi connectivity index (χ0n) is 12.1. The summed E-state index contributed by atoms with van der Waals surface area (Å²) in [5.74, 6) is 0.813. The first-order valence-electron chi connectivity index (χ1n) is 6.62. The second kappa shape index (κ2) is 6.49. The SMILES string of the molecule is COc1ccc(Cn2nc(C(=N)N)c3ccccc32)cc1.Cl. The van der Waals surface area contributed by atoms with Gasteiger partial charge in [0.05, 0.1) is 19.2 Å². The summed E-state index contributed by atoms with van der Waals surface area (Å²) >= 11 is 0. The van der Waals surface area contributed by atoms with Gasteiger partial charge in [-0.05, 0) is 23.8 Å². The molecule has 1 aromatic heterocycles. The van der Waals surface area contributed by atoms with Crippen molar-refractivity contribution in [1.82, 2.24) is 9.78 Å². The molecule has 3 aromatic rings. The number of amidine groups is 1. The Labute approximate surface area is 134 Å². The Morgan fingerprint density at radius 1 is 1.18 bits per heavy atom. The Bertz CT molecular complexity index is 796. The summed E-state index contributed by atoms with van der Waals surface area (Å²) in [5, 5.41) is 13.0. The molecule has 0 aliphatic carbocycles. The van der Waals surface area contributed by atoms with Gasteiger partial charge in [0.15, 0.2) is 0 Å². The first-order chi connectivity index (χ1) is 10.2. The predicted octanol–water partition coefficient (Wildman–Crippen LogP) is 2.80. The van der Waals surface area contributed by atoms with Gasteiger partial charge in [-0.1, -0.05) is 30.3 Å². The number of nitrogens with zero attached hydrogens (tertiary/aromatic N) is 2. The van der Waals surface area contributed by atoms with Crippen molar-refractivity contribution in [3.8, 4) is 5.75 Å². The quantitative estimate of drug-likeness (QED) is 0.574. The fraction of sp³-hybridized carbons (Fsp3) is 0.125. The van der Waals surface area contributed by atoms with Gasteiger partial charge < -0.3 is 10.5 Å². The van der Waals surface area contributed by atoms with Crippen molar-refractivity contribution in [2.45, 2.75) is 6.54 Å². The number of nitrogen functional groups attached to an aromatic ring is 1. The summed E-state index contributed by atoms with van der Waals surface area (Å²) in [4.78, 5) is 0. The van der Waals surface area contributed by atoms with Gasteiger partial charge in [0.25, 0.3) is 0 Å². The molecule has 0 unspecified atom stereocenters. The highest BCUT2D eigenvalue weighted by Crippen LogP contribution is 2.20. The molecular formula is C16H17ClN4O. The van der Waals surface area contributed by atoms with Crippen molar-refractivity contribution in [2.24, 2.45) is 5.73 Å². The van der Waals surface area contributed by atoms with Crippen LogP contribution in [-0.4, -0.2) is 22.7 Å². The number of rotatable bonds is 4. The van der Waals surface area contributed by atoms with Crippen LogP contribution in [0.15, 0.2) is 48.5 Å². The molecule has 6 heteroatoms. The molecule has 0 saturated heterocycles. The fourth-order valence-electron chi connectivity index (χ4n) is 2.35. The molecule has 0 aliphatic heterocycles. The number of nitrogens with one attached hydrogen (secondary N) is 1. The molecular weight excluding hydrogens is 300 g/mol. The largest absolute Gasteiger partial charge is 0.497 e. The van der Waals surface area contributed by atoms with Gasteiger partial charge in [0, 0.05) is 5.39 Å². The molecule has 3 N–H and O–H groups in total. The lowest BCUT2D eigenvalue weighted by Crippen LogP contribution is -2.13. The van der Waals surface area contributed by atoms with Crippen LogP contribution in [0.2, 0.25) is 0 Å². The molecule has 22 heavy (non-hydrogen) atoms. The lowest BCUT2D eigenvalue weighted by atomic mass is 10.2. The monoisotopic (exact) mass is 316 g/mol. The van der Waals surface area contributed by atoms with E-state index in [2.05, 4.69) is 5.10 Å². The Hall–Kier alpha value is -2.53. The van der Waals surface area contributed by atoms with Crippen molar-refractivity contribution < 1.29 is 4.74 Å². The molecule has 0 bridgehead atoms. The topological polar surface area (TPSA) is 76.9 Å². The number of para-hydroxylation sites is 1. The summed E-state index contributed by atoms with van der Waals surface area (Å²) in [6, 6.07) is 15.7. The third-order valence-corrected chi connectivity index (χ3v) is 3.40. The van der Waals surface area contributed by atoms with Gasteiger partial charge in [0.2, 0.25) is 0 Å². The minimum atomic E-state index is -0.0142. The molecule has 0 radical (unpaired) electrons. The Morgan fingerprint density at radius 2 is 1.86 bits per heavy atom. The van der Waals surface area contributed by atoms with Crippen LogP contribution < -0.4 is 10.5 Å². The van der Waals surface area contributed by atoms with Crippen molar-refractivity contribution in [2.75, 3.05) is 7.11 Å². The van der Waals surface area contributed by atoms with Gasteiger partial charge in [0.1, 0.15) is 17.3 Å². The highest BCUT2D eigenvalue weighted by atomic mass is 35.5. The van der Waals surface area contributed by atoms with E-state index in [-0.39, 0.29) is 18.2 Å². The lowest BCUT2D eigenvalue weighted by molar-refractivity contribution is 0.414. The van der Waals surface area contributed by atoms with E-state index < -0.39 is 0 Å². The van der Waals surface area contributed by atoms with Crippen LogP contribution in [0.1, 0.15) is 11.3 Å². The van der Waals surface area contributed by atoms with E-state index in [9.17, 15) is 0 Å². The number of aromatic nitrogens is 2. The maximum atomic E-state index is 7.65. The highest BCUT2D eigenvalue weighted by Gasteiger charge is 2.12. The average Bonchev–Trinajstić information content (AvgIpc) is 2.87. The minimum absolute atomic E-state index is 0. The maximum absolute atomic E-state index is 7.65. The van der Waals surface area contributed by atoms with E-state index in [1.54, 1.807) is 7.11 Å². The van der Waals surface area contributed by atoms with Gasteiger partial charge in [-0.3, -0.25) is 10.1 Å². The molecule has 0 saturated carbocycles. The van der Waals surface area contributed by atoms with Crippen LogP contribution in [0.4, 0.5) is 0 Å². The van der Waals surface area contributed by atoms with Crippen molar-refractivity contribution >= 4 is 29.1 Å². The van der Waals surface area contributed by atoms with Crippen LogP contribution in [0.5, 0.6) is 5.75 Å². The van der Waals surface area contributed by atoms with E-state index in [0.29, 0.717) is 12.2 Å². The first kappa shape index (κ1) is 15.9. The van der Waals surface area contributed by atoms with Gasteiger partial charge >= 0.3 is 0 Å². The number of halogens is 1. The summed E-state index contributed by atoms with van der Waals surface area (Å²) in [6.07, 6.45) is 0. The Kier molecular flexibility index (Phi) is 4.68. The third-order valence-electron chi connectivity index (χ3n) is 3.40. The van der Waals surface area contributed by atoms with Gasteiger partial charge in [-0.2, -0.15) is 5.10 Å². The van der Waals surface area contributed by atoms with E-state index in [0.717, 1.165) is 22.2 Å². The predicted molar refractivity (Wildman–Crippen MR) is 90.1 cm³/mol. The molecule has 0 amide bonds. The standard InChI is InChI=1S/C16H16N4O.ClH/c1-21-12-8-6-11(7-9-12)10-20-14-5-3-2-4-13(14)15(19-20)16(17)18;/h2-9H,10H2,1H3,(H3,17,18);1H. The molecule has 0 aliphatic rings. The van der Waals surface area contributed by atoms with Crippen LogP contribution in [0.25, 0.3) is 10.9 Å².